The molecule has 0 heterocycles. The number of nitrogens with zero attached hydrogens (tertiary/aromatic N) is 2. The Bertz CT molecular complexity index is 1410. The van der Waals surface area contributed by atoms with E-state index in [0.717, 1.165) is 3.57 Å². The third-order valence-electron chi connectivity index (χ3n) is 5.05. The van der Waals surface area contributed by atoms with Crippen LogP contribution < -0.4 is 4.31 Å². The first-order valence-electron chi connectivity index (χ1n) is 10.7. The molecule has 0 bridgehead atoms. The lowest BCUT2D eigenvalue weighted by molar-refractivity contribution is 0.459. The van der Waals surface area contributed by atoms with Gasteiger partial charge in [0, 0.05) is 16.7 Å². The summed E-state index contributed by atoms with van der Waals surface area (Å²) in [6.07, 6.45) is 0. The molecule has 0 saturated carbocycles. The lowest BCUT2D eigenvalue weighted by atomic mass is 10.2. The van der Waals surface area contributed by atoms with Gasteiger partial charge in [0.05, 0.1) is 22.0 Å². The number of sulfonamides is 2. The zero-order valence-corrected chi connectivity index (χ0v) is 23.1. The molecular formula is C26H27IN2O4S2. The zero-order valence-electron chi connectivity index (χ0n) is 19.3. The predicted octanol–water partition coefficient (Wildman–Crippen LogP) is 5.31. The van der Waals surface area contributed by atoms with Crippen LogP contribution >= 0.6 is 22.6 Å². The van der Waals surface area contributed by atoms with Gasteiger partial charge in [-0.2, -0.15) is 4.31 Å². The SMILES string of the molecule is C=C(C)CN(CC(=C)CN(c1ccccc1I)S(=O)(=O)c1ccccc1)S(=O)(=O)c1ccccc1. The highest BCUT2D eigenvalue weighted by atomic mass is 127. The molecule has 6 nitrogen and oxygen atoms in total. The largest absolute Gasteiger partial charge is 0.264 e. The Morgan fingerprint density at radius 3 is 1.71 bits per heavy atom. The average Bonchev–Trinajstić information content (AvgIpc) is 2.83. The molecular weight excluding hydrogens is 595 g/mol. The van der Waals surface area contributed by atoms with Crippen LogP contribution in [0.1, 0.15) is 6.92 Å². The van der Waals surface area contributed by atoms with Crippen molar-refractivity contribution in [2.45, 2.75) is 16.7 Å². The van der Waals surface area contributed by atoms with E-state index < -0.39 is 20.0 Å². The molecule has 35 heavy (non-hydrogen) atoms. The van der Waals surface area contributed by atoms with Gasteiger partial charge >= 0.3 is 0 Å². The van der Waals surface area contributed by atoms with E-state index in [2.05, 4.69) is 35.7 Å². The van der Waals surface area contributed by atoms with Crippen molar-refractivity contribution in [3.8, 4) is 0 Å². The fourth-order valence-electron chi connectivity index (χ4n) is 3.44. The molecule has 3 aromatic carbocycles. The van der Waals surface area contributed by atoms with E-state index in [9.17, 15) is 16.8 Å². The number of para-hydroxylation sites is 1. The molecule has 3 rings (SSSR count). The molecule has 0 amide bonds. The maximum absolute atomic E-state index is 13.6. The van der Waals surface area contributed by atoms with Crippen molar-refractivity contribution in [1.82, 2.24) is 4.31 Å². The van der Waals surface area contributed by atoms with Gasteiger partial charge in [-0.15, -0.1) is 0 Å². The molecule has 3 aromatic rings. The summed E-state index contributed by atoms with van der Waals surface area (Å²) in [5.41, 5.74) is 1.57. The number of hydrogen-bond acceptors (Lipinski definition) is 4. The fraction of sp³-hybridized carbons (Fsp3) is 0.154. The zero-order chi connectivity index (χ0) is 25.6. The molecule has 0 aliphatic carbocycles. The topological polar surface area (TPSA) is 74.8 Å². The van der Waals surface area contributed by atoms with Crippen LogP contribution in [0.4, 0.5) is 5.69 Å². The standard InChI is InChI=1S/C26H27IN2O4S2/c1-21(2)18-28(34(30,31)23-12-6-4-7-13-23)19-22(3)20-29(26-17-11-10-16-25(26)27)35(32,33)24-14-8-5-9-15-24/h4-17H,1,3,18-20H2,2H3. The first-order valence-corrected chi connectivity index (χ1v) is 14.7. The summed E-state index contributed by atoms with van der Waals surface area (Å²) < 4.78 is 57.3. The van der Waals surface area contributed by atoms with Crippen molar-refractivity contribution in [2.24, 2.45) is 0 Å². The maximum Gasteiger partial charge on any atom is 0.264 e. The summed E-state index contributed by atoms with van der Waals surface area (Å²) in [6, 6.07) is 23.4. The molecule has 184 valence electrons. The molecule has 0 fully saturated rings. The Labute approximate surface area is 221 Å². The van der Waals surface area contributed by atoms with E-state index in [0.29, 0.717) is 16.8 Å². The van der Waals surface area contributed by atoms with E-state index >= 15 is 0 Å². The number of halogens is 1. The lowest BCUT2D eigenvalue weighted by Crippen LogP contribution is -2.38. The second-order valence-corrected chi connectivity index (χ2v) is 13.0. The van der Waals surface area contributed by atoms with Gasteiger partial charge in [0.15, 0.2) is 0 Å². The van der Waals surface area contributed by atoms with Gasteiger partial charge in [-0.1, -0.05) is 67.3 Å². The molecule has 9 heteroatoms. The summed E-state index contributed by atoms with van der Waals surface area (Å²) in [6.45, 7) is 9.61. The Balaban J connectivity index is 1.97. The minimum atomic E-state index is -3.94. The third-order valence-corrected chi connectivity index (χ3v) is 9.54. The first kappa shape index (κ1) is 27.1. The van der Waals surface area contributed by atoms with E-state index in [1.165, 1.54) is 32.9 Å². The molecule has 0 unspecified atom stereocenters. The summed E-state index contributed by atoms with van der Waals surface area (Å²) >= 11 is 2.09. The third kappa shape index (κ3) is 6.60. The van der Waals surface area contributed by atoms with Crippen molar-refractivity contribution in [1.29, 1.82) is 0 Å². The Morgan fingerprint density at radius 2 is 1.20 bits per heavy atom. The van der Waals surface area contributed by atoms with Crippen molar-refractivity contribution in [3.63, 3.8) is 0 Å². The van der Waals surface area contributed by atoms with Gasteiger partial charge < -0.3 is 0 Å². The van der Waals surface area contributed by atoms with Crippen LogP contribution in [0.3, 0.4) is 0 Å². The van der Waals surface area contributed by atoms with Gasteiger partial charge in [0.2, 0.25) is 10.0 Å². The smallest absolute Gasteiger partial charge is 0.261 e. The van der Waals surface area contributed by atoms with E-state index in [1.54, 1.807) is 55.5 Å². The van der Waals surface area contributed by atoms with Crippen molar-refractivity contribution in [3.05, 3.63) is 113 Å². The van der Waals surface area contributed by atoms with Crippen LogP contribution in [0.25, 0.3) is 0 Å². The molecule has 0 spiro atoms. The summed E-state index contributed by atoms with van der Waals surface area (Å²) in [4.78, 5) is 0.295. The molecule has 0 aromatic heterocycles. The van der Waals surface area contributed by atoms with Gasteiger partial charge in [0.25, 0.3) is 10.0 Å². The summed E-state index contributed by atoms with van der Waals surface area (Å²) in [7, 11) is -7.78. The predicted molar refractivity (Wildman–Crippen MR) is 149 cm³/mol. The number of hydrogen-bond donors (Lipinski definition) is 0. The van der Waals surface area contributed by atoms with E-state index in [4.69, 9.17) is 0 Å². The quantitative estimate of drug-likeness (QED) is 0.215. The van der Waals surface area contributed by atoms with Gasteiger partial charge in [-0.25, -0.2) is 16.8 Å². The van der Waals surface area contributed by atoms with Crippen LogP contribution in [-0.2, 0) is 20.0 Å². The number of rotatable bonds is 11. The van der Waals surface area contributed by atoms with E-state index in [1.807, 2.05) is 12.1 Å². The van der Waals surface area contributed by atoms with Crippen LogP contribution in [0.5, 0.6) is 0 Å². The summed E-state index contributed by atoms with van der Waals surface area (Å²) in [5, 5.41) is 0. The molecule has 0 radical (unpaired) electrons. The minimum Gasteiger partial charge on any atom is -0.261 e. The van der Waals surface area contributed by atoms with Crippen LogP contribution in [0.15, 0.2) is 119 Å². The monoisotopic (exact) mass is 622 g/mol. The molecule has 0 aliphatic rings. The fourth-order valence-corrected chi connectivity index (χ4v) is 7.35. The highest BCUT2D eigenvalue weighted by molar-refractivity contribution is 14.1. The number of benzene rings is 3. The van der Waals surface area contributed by atoms with Crippen molar-refractivity contribution < 1.29 is 16.8 Å². The Morgan fingerprint density at radius 1 is 0.714 bits per heavy atom. The molecule has 0 saturated heterocycles. The first-order chi connectivity index (χ1) is 16.5. The van der Waals surface area contributed by atoms with Gasteiger partial charge in [0.1, 0.15) is 0 Å². The van der Waals surface area contributed by atoms with Crippen LogP contribution in [0.2, 0.25) is 0 Å². The second kappa shape index (κ2) is 11.5. The van der Waals surface area contributed by atoms with Crippen molar-refractivity contribution in [2.75, 3.05) is 23.9 Å². The normalized spacial score (nSPS) is 11.9. The average molecular weight is 623 g/mol. The second-order valence-electron chi connectivity index (χ2n) is 8.07. The minimum absolute atomic E-state index is 0.0612. The highest BCUT2D eigenvalue weighted by Crippen LogP contribution is 2.29. The van der Waals surface area contributed by atoms with Crippen LogP contribution in [0, 0.1) is 3.57 Å². The van der Waals surface area contributed by atoms with Gasteiger partial charge in [-0.3, -0.25) is 4.31 Å². The van der Waals surface area contributed by atoms with E-state index in [-0.39, 0.29) is 29.4 Å². The van der Waals surface area contributed by atoms with Crippen LogP contribution in [-0.4, -0.2) is 40.8 Å². The highest BCUT2D eigenvalue weighted by Gasteiger charge is 2.29. The molecule has 0 atom stereocenters. The lowest BCUT2D eigenvalue weighted by Gasteiger charge is -2.29. The number of anilines is 1. The molecule has 0 N–H and O–H groups in total. The maximum atomic E-state index is 13.6. The molecule has 0 aliphatic heterocycles. The van der Waals surface area contributed by atoms with Gasteiger partial charge in [-0.05, 0) is 71.5 Å². The summed E-state index contributed by atoms with van der Waals surface area (Å²) in [5.74, 6) is 0. The Kier molecular flexibility index (Phi) is 8.92. The van der Waals surface area contributed by atoms with Crippen molar-refractivity contribution >= 4 is 48.3 Å². The Hall–Kier alpha value is -2.47.